The molecule has 2 amide bonds. The molecule has 2 atom stereocenters. The first-order valence-corrected chi connectivity index (χ1v) is 14.1. The minimum atomic E-state index is -0.789. The van der Waals surface area contributed by atoms with Gasteiger partial charge in [-0.1, -0.05) is 6.07 Å². The molecule has 12 heteroatoms. The van der Waals surface area contributed by atoms with Crippen molar-refractivity contribution in [2.75, 3.05) is 29.9 Å². The molecule has 3 aromatic heterocycles. The molecule has 5 heterocycles. The summed E-state index contributed by atoms with van der Waals surface area (Å²) in [6.07, 6.45) is 3.33. The predicted octanol–water partition coefficient (Wildman–Crippen LogP) is 4.76. The van der Waals surface area contributed by atoms with E-state index in [-0.39, 0.29) is 12.6 Å². The van der Waals surface area contributed by atoms with Gasteiger partial charge < -0.3 is 24.8 Å². The van der Waals surface area contributed by atoms with Crippen LogP contribution >= 0.6 is 0 Å². The number of rotatable bonds is 5. The summed E-state index contributed by atoms with van der Waals surface area (Å²) in [4.78, 5) is 38.9. The SMILES string of the molecule is CC(O)[C@H]1CN(c2ccc(Nc3ccc(-c4cnc5cc(F)ccn45)c4c3C(=O)N(C(=O)OC(C)(C)C)C4)nc2)CCO1. The standard InChI is InChI=1S/C31H33FN6O5/c1-18(39)25-17-36(11-12-42-25)20-5-8-26(33-14-20)35-23-7-6-21(24-15-34-27-13-19(32)9-10-37(24)27)22-16-38(29(40)28(22)23)30(41)43-31(2,3)4/h5-10,13-15,18,25,39H,11-12,16-17H2,1-4H3,(H,33,35)/t18?,25-/m1/s1. The van der Waals surface area contributed by atoms with E-state index < -0.39 is 29.5 Å². The number of nitrogens with zero attached hydrogens (tertiary/aromatic N) is 5. The van der Waals surface area contributed by atoms with Crippen LogP contribution in [-0.4, -0.2) is 73.9 Å². The van der Waals surface area contributed by atoms with Crippen molar-refractivity contribution >= 4 is 34.8 Å². The molecule has 2 aliphatic rings. The number of hydrogen-bond donors (Lipinski definition) is 2. The zero-order chi connectivity index (χ0) is 30.5. The Morgan fingerprint density at radius 3 is 2.72 bits per heavy atom. The Balaban J connectivity index is 1.34. The summed E-state index contributed by atoms with van der Waals surface area (Å²) in [5, 5.41) is 13.2. The van der Waals surface area contributed by atoms with Gasteiger partial charge in [-0.05, 0) is 57.5 Å². The third kappa shape index (κ3) is 5.63. The van der Waals surface area contributed by atoms with Crippen LogP contribution in [0.4, 0.5) is 26.4 Å². The molecular weight excluding hydrogens is 555 g/mol. The Morgan fingerprint density at radius 1 is 1.19 bits per heavy atom. The number of pyridine rings is 2. The number of hydrogen-bond acceptors (Lipinski definition) is 9. The van der Waals surface area contributed by atoms with Gasteiger partial charge in [-0.3, -0.25) is 9.20 Å². The monoisotopic (exact) mass is 588 g/mol. The second-order valence-electron chi connectivity index (χ2n) is 11.7. The molecule has 1 unspecified atom stereocenters. The number of morpholine rings is 1. The molecule has 11 nitrogen and oxygen atoms in total. The second-order valence-corrected chi connectivity index (χ2v) is 11.7. The van der Waals surface area contributed by atoms with E-state index in [0.717, 1.165) is 10.6 Å². The fourth-order valence-electron chi connectivity index (χ4n) is 5.37. The van der Waals surface area contributed by atoms with Gasteiger partial charge in [0.25, 0.3) is 5.91 Å². The summed E-state index contributed by atoms with van der Waals surface area (Å²) in [6.45, 7) is 8.66. The third-order valence-corrected chi connectivity index (χ3v) is 7.46. The molecule has 1 aromatic carbocycles. The first-order chi connectivity index (χ1) is 20.5. The van der Waals surface area contributed by atoms with Gasteiger partial charge in [0.05, 0.1) is 54.3 Å². The summed E-state index contributed by atoms with van der Waals surface area (Å²) in [6, 6.07) is 10.0. The van der Waals surface area contributed by atoms with Crippen LogP contribution in [0.3, 0.4) is 0 Å². The Morgan fingerprint density at radius 2 is 2.00 bits per heavy atom. The number of imide groups is 1. The lowest BCUT2D eigenvalue weighted by Crippen LogP contribution is -2.47. The summed E-state index contributed by atoms with van der Waals surface area (Å²) in [5.41, 5.74) is 3.27. The normalized spacial score (nSPS) is 17.7. The number of anilines is 3. The fraction of sp³-hybridized carbons (Fsp3) is 0.355. The van der Waals surface area contributed by atoms with Crippen LogP contribution in [0.2, 0.25) is 0 Å². The molecule has 224 valence electrons. The van der Waals surface area contributed by atoms with Gasteiger partial charge in [-0.2, -0.15) is 0 Å². The summed E-state index contributed by atoms with van der Waals surface area (Å²) >= 11 is 0. The summed E-state index contributed by atoms with van der Waals surface area (Å²) in [7, 11) is 0. The van der Waals surface area contributed by atoms with Crippen molar-refractivity contribution in [1.82, 2.24) is 19.3 Å². The van der Waals surface area contributed by atoms with Crippen LogP contribution in [0, 0.1) is 5.82 Å². The lowest BCUT2D eigenvalue weighted by molar-refractivity contribution is -0.0364. The third-order valence-electron chi connectivity index (χ3n) is 7.46. The summed E-state index contributed by atoms with van der Waals surface area (Å²) in [5.74, 6) is -0.397. The lowest BCUT2D eigenvalue weighted by atomic mass is 9.99. The first-order valence-electron chi connectivity index (χ1n) is 14.1. The Hall–Kier alpha value is -4.55. The van der Waals surface area contributed by atoms with E-state index in [0.29, 0.717) is 59.2 Å². The number of amides is 2. The van der Waals surface area contributed by atoms with Crippen LogP contribution in [0.15, 0.2) is 55.0 Å². The molecule has 0 saturated carbocycles. The highest BCUT2D eigenvalue weighted by Gasteiger charge is 2.39. The van der Waals surface area contributed by atoms with Gasteiger partial charge in [0.15, 0.2) is 0 Å². The first kappa shape index (κ1) is 28.6. The zero-order valence-corrected chi connectivity index (χ0v) is 24.4. The number of halogens is 1. The molecule has 6 rings (SSSR count). The number of imidazole rings is 1. The molecule has 2 N–H and O–H groups in total. The number of carbonyl (C=O) groups is 2. The van der Waals surface area contributed by atoms with E-state index in [9.17, 15) is 19.1 Å². The Labute approximate surface area is 247 Å². The number of aliphatic hydroxyl groups excluding tert-OH is 1. The minimum absolute atomic E-state index is 0.00376. The number of nitrogens with one attached hydrogen (secondary N) is 1. The van der Waals surface area contributed by atoms with E-state index in [2.05, 4.69) is 20.2 Å². The number of carbonyl (C=O) groups excluding carboxylic acids is 2. The molecule has 0 aliphatic carbocycles. The van der Waals surface area contributed by atoms with Crippen LogP contribution in [-0.2, 0) is 16.0 Å². The van der Waals surface area contributed by atoms with Crippen molar-refractivity contribution in [2.24, 2.45) is 0 Å². The molecule has 0 spiro atoms. The molecule has 43 heavy (non-hydrogen) atoms. The minimum Gasteiger partial charge on any atom is -0.443 e. The molecular formula is C31H33FN6O5. The van der Waals surface area contributed by atoms with E-state index >= 15 is 0 Å². The molecule has 0 bridgehead atoms. The Kier molecular flexibility index (Phi) is 7.26. The second kappa shape index (κ2) is 10.9. The highest BCUT2D eigenvalue weighted by molar-refractivity contribution is 6.11. The van der Waals surface area contributed by atoms with Gasteiger partial charge in [0, 0.05) is 30.9 Å². The largest absolute Gasteiger partial charge is 0.443 e. The van der Waals surface area contributed by atoms with Crippen LogP contribution < -0.4 is 10.2 Å². The van der Waals surface area contributed by atoms with Gasteiger partial charge >= 0.3 is 6.09 Å². The van der Waals surface area contributed by atoms with E-state index in [1.165, 1.54) is 12.1 Å². The van der Waals surface area contributed by atoms with E-state index in [1.54, 1.807) is 56.8 Å². The van der Waals surface area contributed by atoms with Gasteiger partial charge in [0.1, 0.15) is 29.0 Å². The fourth-order valence-corrected chi connectivity index (χ4v) is 5.37. The number of ether oxygens (including phenoxy) is 2. The van der Waals surface area contributed by atoms with Crippen molar-refractivity contribution in [1.29, 1.82) is 0 Å². The van der Waals surface area contributed by atoms with Crippen LogP contribution in [0.1, 0.15) is 43.6 Å². The molecule has 2 aliphatic heterocycles. The van der Waals surface area contributed by atoms with E-state index in [1.807, 2.05) is 18.2 Å². The van der Waals surface area contributed by atoms with Gasteiger partial charge in [0.2, 0.25) is 0 Å². The van der Waals surface area contributed by atoms with Gasteiger partial charge in [-0.25, -0.2) is 24.1 Å². The number of aliphatic hydroxyl groups is 1. The van der Waals surface area contributed by atoms with Gasteiger partial charge in [-0.15, -0.1) is 0 Å². The lowest BCUT2D eigenvalue weighted by Gasteiger charge is -2.35. The smallest absolute Gasteiger partial charge is 0.417 e. The number of fused-ring (bicyclic) bond motifs is 2. The summed E-state index contributed by atoms with van der Waals surface area (Å²) < 4.78 is 26.8. The highest BCUT2D eigenvalue weighted by atomic mass is 19.1. The van der Waals surface area contributed by atoms with Crippen molar-refractivity contribution < 1.29 is 28.6 Å². The topological polar surface area (TPSA) is 122 Å². The average Bonchev–Trinajstić information content (AvgIpc) is 3.54. The van der Waals surface area contributed by atoms with Crippen molar-refractivity contribution in [3.63, 3.8) is 0 Å². The quantitative estimate of drug-likeness (QED) is 0.340. The molecule has 1 fully saturated rings. The van der Waals surface area contributed by atoms with Crippen LogP contribution in [0.5, 0.6) is 0 Å². The Bertz CT molecular complexity index is 1700. The average molecular weight is 589 g/mol. The van der Waals surface area contributed by atoms with E-state index in [4.69, 9.17) is 9.47 Å². The van der Waals surface area contributed by atoms with Crippen molar-refractivity contribution in [3.05, 3.63) is 71.9 Å². The zero-order valence-electron chi connectivity index (χ0n) is 24.4. The van der Waals surface area contributed by atoms with Crippen molar-refractivity contribution in [3.8, 4) is 11.3 Å². The molecule has 1 saturated heterocycles. The highest BCUT2D eigenvalue weighted by Crippen LogP contribution is 2.39. The maximum Gasteiger partial charge on any atom is 0.417 e. The molecule has 0 radical (unpaired) electrons. The van der Waals surface area contributed by atoms with Crippen molar-refractivity contribution in [2.45, 2.75) is 52.0 Å². The maximum atomic E-state index is 13.8. The number of aromatic nitrogens is 3. The predicted molar refractivity (Wildman–Crippen MR) is 158 cm³/mol. The van der Waals surface area contributed by atoms with Crippen LogP contribution in [0.25, 0.3) is 16.9 Å². The molecule has 4 aromatic rings. The maximum absolute atomic E-state index is 13.8. The number of benzene rings is 1.